The van der Waals surface area contributed by atoms with Crippen LogP contribution < -0.4 is 10.6 Å². The molecule has 1 saturated carbocycles. The van der Waals surface area contributed by atoms with E-state index in [0.717, 1.165) is 31.2 Å². The number of carbonyl (C=O) groups excluding carboxylic acids is 3. The summed E-state index contributed by atoms with van der Waals surface area (Å²) in [5.41, 5.74) is 1.65. The summed E-state index contributed by atoms with van der Waals surface area (Å²) in [6.07, 6.45) is 5.53. The first kappa shape index (κ1) is 18.3. The Kier molecular flexibility index (Phi) is 5.12. The minimum absolute atomic E-state index is 0.0972. The minimum Gasteiger partial charge on any atom is -0.352 e. The molecule has 7 heteroatoms. The van der Waals surface area contributed by atoms with E-state index in [1.54, 1.807) is 23.6 Å². The summed E-state index contributed by atoms with van der Waals surface area (Å²) in [7, 11) is 0. The second-order valence-electron chi connectivity index (χ2n) is 7.57. The van der Waals surface area contributed by atoms with Crippen molar-refractivity contribution in [3.8, 4) is 0 Å². The van der Waals surface area contributed by atoms with Crippen LogP contribution in [-0.2, 0) is 9.59 Å². The van der Waals surface area contributed by atoms with Crippen molar-refractivity contribution in [3.63, 3.8) is 0 Å². The van der Waals surface area contributed by atoms with Crippen LogP contribution in [-0.4, -0.2) is 46.5 Å². The average molecular weight is 388 g/mol. The number of hydrogen-bond donors (Lipinski definition) is 2. The molecule has 4 rings (SSSR count). The highest BCUT2D eigenvalue weighted by Crippen LogP contribution is 2.48. The number of carbonyl (C=O) groups is 3. The summed E-state index contributed by atoms with van der Waals surface area (Å²) in [6.45, 7) is 1.70. The van der Waals surface area contributed by atoms with Gasteiger partial charge in [0, 0.05) is 17.4 Å². The van der Waals surface area contributed by atoms with Gasteiger partial charge < -0.3 is 15.5 Å². The van der Waals surface area contributed by atoms with Crippen LogP contribution in [0.2, 0.25) is 0 Å². The van der Waals surface area contributed by atoms with Crippen molar-refractivity contribution < 1.29 is 14.4 Å². The van der Waals surface area contributed by atoms with E-state index in [2.05, 4.69) is 10.6 Å². The highest BCUT2D eigenvalue weighted by Gasteiger charge is 2.48. The highest BCUT2D eigenvalue weighted by atomic mass is 32.2. The van der Waals surface area contributed by atoms with E-state index in [-0.39, 0.29) is 29.1 Å². The Balaban J connectivity index is 1.37. The lowest BCUT2D eigenvalue weighted by Gasteiger charge is -2.26. The van der Waals surface area contributed by atoms with Crippen LogP contribution >= 0.6 is 11.8 Å². The maximum Gasteiger partial charge on any atom is 0.256 e. The van der Waals surface area contributed by atoms with Gasteiger partial charge in [-0.25, -0.2) is 0 Å². The molecule has 0 aromatic heterocycles. The van der Waals surface area contributed by atoms with Crippen molar-refractivity contribution in [1.29, 1.82) is 0 Å². The maximum absolute atomic E-state index is 12.8. The van der Waals surface area contributed by atoms with Gasteiger partial charge in [0.05, 0.1) is 0 Å². The first-order valence-electron chi connectivity index (χ1n) is 9.70. The Labute approximate surface area is 163 Å². The Hall–Kier alpha value is -2.02. The Morgan fingerprint density at radius 1 is 1.19 bits per heavy atom. The molecule has 0 spiro atoms. The maximum atomic E-state index is 12.8. The lowest BCUT2D eigenvalue weighted by molar-refractivity contribution is -0.131. The van der Waals surface area contributed by atoms with Gasteiger partial charge >= 0.3 is 0 Å². The Morgan fingerprint density at radius 3 is 2.70 bits per heavy atom. The predicted octanol–water partition coefficient (Wildman–Crippen LogP) is 2.21. The standard InChI is InChI=1S/C20H25N3O3S/c1-12(17(24)22-13-7-3-2-4-8-13)21-18(25)16-11-27-20-15-10-6-5-9-14(15)19(26)23(16)20/h5-6,9-10,12-13,16,20H,2-4,7-8,11H2,1H3,(H,21,25)(H,22,24)/t12-,16-,20-/m0/s1. The highest BCUT2D eigenvalue weighted by molar-refractivity contribution is 7.99. The minimum atomic E-state index is -0.608. The average Bonchev–Trinajstić information content (AvgIpc) is 3.23. The molecule has 0 radical (unpaired) electrons. The zero-order valence-electron chi connectivity index (χ0n) is 15.4. The van der Waals surface area contributed by atoms with Crippen LogP contribution in [0.4, 0.5) is 0 Å². The van der Waals surface area contributed by atoms with Crippen molar-refractivity contribution in [2.24, 2.45) is 0 Å². The third-order valence-corrected chi connectivity index (χ3v) is 7.00. The Bertz CT molecular complexity index is 763. The molecule has 1 aliphatic carbocycles. The summed E-state index contributed by atoms with van der Waals surface area (Å²) in [5.74, 6) is 0.0547. The van der Waals surface area contributed by atoms with Gasteiger partial charge in [-0.1, -0.05) is 37.5 Å². The molecule has 1 aromatic rings. The summed E-state index contributed by atoms with van der Waals surface area (Å²) >= 11 is 1.60. The summed E-state index contributed by atoms with van der Waals surface area (Å²) in [6, 6.07) is 6.59. The molecule has 3 aliphatic rings. The molecule has 1 aromatic carbocycles. The quantitative estimate of drug-likeness (QED) is 0.830. The van der Waals surface area contributed by atoms with Gasteiger partial charge in [-0.3, -0.25) is 14.4 Å². The molecular weight excluding hydrogens is 362 g/mol. The van der Waals surface area contributed by atoms with Gasteiger partial charge in [0.15, 0.2) is 0 Å². The normalized spacial score (nSPS) is 25.7. The van der Waals surface area contributed by atoms with Gasteiger partial charge in [-0.15, -0.1) is 11.8 Å². The van der Waals surface area contributed by atoms with E-state index in [1.807, 2.05) is 24.3 Å². The summed E-state index contributed by atoms with van der Waals surface area (Å²) in [5, 5.41) is 5.76. The van der Waals surface area contributed by atoms with Crippen LogP contribution in [0.25, 0.3) is 0 Å². The number of amides is 3. The molecule has 1 saturated heterocycles. The first-order valence-corrected chi connectivity index (χ1v) is 10.7. The van der Waals surface area contributed by atoms with E-state index < -0.39 is 12.1 Å². The first-order chi connectivity index (χ1) is 13.1. The third kappa shape index (κ3) is 3.45. The molecule has 3 atom stereocenters. The molecule has 144 valence electrons. The van der Waals surface area contributed by atoms with Crippen molar-refractivity contribution >= 4 is 29.5 Å². The molecular formula is C20H25N3O3S. The van der Waals surface area contributed by atoms with Crippen LogP contribution in [0.1, 0.15) is 60.3 Å². The van der Waals surface area contributed by atoms with E-state index >= 15 is 0 Å². The molecule has 2 heterocycles. The fourth-order valence-electron chi connectivity index (χ4n) is 4.19. The van der Waals surface area contributed by atoms with Crippen LogP contribution in [0.15, 0.2) is 24.3 Å². The molecule has 0 bridgehead atoms. The van der Waals surface area contributed by atoms with Crippen molar-refractivity contribution in [2.75, 3.05) is 5.75 Å². The molecule has 6 nitrogen and oxygen atoms in total. The van der Waals surface area contributed by atoms with E-state index in [0.29, 0.717) is 11.3 Å². The molecule has 2 aliphatic heterocycles. The molecule has 3 amide bonds. The summed E-state index contributed by atoms with van der Waals surface area (Å²) in [4.78, 5) is 39.6. The van der Waals surface area contributed by atoms with Crippen LogP contribution in [0.3, 0.4) is 0 Å². The molecule has 2 N–H and O–H groups in total. The lowest BCUT2D eigenvalue weighted by Crippen LogP contribution is -2.53. The zero-order chi connectivity index (χ0) is 19.0. The number of rotatable bonds is 4. The van der Waals surface area contributed by atoms with Gasteiger partial charge in [0.2, 0.25) is 11.8 Å². The fraction of sp³-hybridized carbons (Fsp3) is 0.550. The smallest absolute Gasteiger partial charge is 0.256 e. The molecule has 27 heavy (non-hydrogen) atoms. The number of hydrogen-bond acceptors (Lipinski definition) is 4. The number of nitrogens with zero attached hydrogens (tertiary/aromatic N) is 1. The van der Waals surface area contributed by atoms with Crippen LogP contribution in [0.5, 0.6) is 0 Å². The monoisotopic (exact) mass is 387 g/mol. The lowest BCUT2D eigenvalue weighted by atomic mass is 9.95. The van der Waals surface area contributed by atoms with Gasteiger partial charge in [0.1, 0.15) is 17.5 Å². The Morgan fingerprint density at radius 2 is 1.93 bits per heavy atom. The predicted molar refractivity (Wildman–Crippen MR) is 104 cm³/mol. The number of benzene rings is 1. The molecule has 2 fully saturated rings. The number of nitrogens with one attached hydrogen (secondary N) is 2. The largest absolute Gasteiger partial charge is 0.352 e. The van der Waals surface area contributed by atoms with Gasteiger partial charge in [-0.2, -0.15) is 0 Å². The SMILES string of the molecule is C[C@H](NC(=O)[C@@H]1CS[C@H]2c3ccccc3C(=O)N12)C(=O)NC1CCCCC1. The van der Waals surface area contributed by atoms with Crippen molar-refractivity contribution in [2.45, 2.75) is 62.5 Å². The number of thioether (sulfide) groups is 1. The topological polar surface area (TPSA) is 78.5 Å². The second kappa shape index (κ2) is 7.54. The van der Waals surface area contributed by atoms with Crippen molar-refractivity contribution in [3.05, 3.63) is 35.4 Å². The van der Waals surface area contributed by atoms with Crippen LogP contribution in [0, 0.1) is 0 Å². The van der Waals surface area contributed by atoms with E-state index in [4.69, 9.17) is 0 Å². The van der Waals surface area contributed by atoms with E-state index in [1.165, 1.54) is 6.42 Å². The van der Waals surface area contributed by atoms with Gasteiger partial charge in [0.25, 0.3) is 5.91 Å². The van der Waals surface area contributed by atoms with Crippen molar-refractivity contribution in [1.82, 2.24) is 15.5 Å². The fourth-order valence-corrected chi connectivity index (χ4v) is 5.66. The third-order valence-electron chi connectivity index (χ3n) is 5.70. The van der Waals surface area contributed by atoms with E-state index in [9.17, 15) is 14.4 Å². The molecule has 0 unspecified atom stereocenters. The second-order valence-corrected chi connectivity index (χ2v) is 8.69. The van der Waals surface area contributed by atoms with Gasteiger partial charge in [-0.05, 0) is 31.4 Å². The number of fused-ring (bicyclic) bond motifs is 3. The summed E-state index contributed by atoms with van der Waals surface area (Å²) < 4.78 is 0. The zero-order valence-corrected chi connectivity index (χ0v) is 16.3.